The molecule has 0 fully saturated rings. The van der Waals surface area contributed by atoms with E-state index in [2.05, 4.69) is 13.2 Å². The van der Waals surface area contributed by atoms with Crippen LogP contribution in [0.2, 0.25) is 0 Å². The molecular weight excluding hydrogens is 238 g/mol. The van der Waals surface area contributed by atoms with E-state index in [-0.39, 0.29) is 5.56 Å². The molecular formula is C16H17NO2. The summed E-state index contributed by atoms with van der Waals surface area (Å²) in [6.45, 7) is 7.72. The van der Waals surface area contributed by atoms with Gasteiger partial charge in [-0.25, -0.2) is 0 Å². The summed E-state index contributed by atoms with van der Waals surface area (Å²) < 4.78 is 7.36. The largest absolute Gasteiger partial charge is 0.488 e. The smallest absolute Gasteiger partial charge is 0.258 e. The third kappa shape index (κ3) is 2.32. The van der Waals surface area contributed by atoms with Gasteiger partial charge in [0.1, 0.15) is 12.4 Å². The van der Waals surface area contributed by atoms with Gasteiger partial charge in [0, 0.05) is 12.4 Å². The van der Waals surface area contributed by atoms with Gasteiger partial charge in [0.2, 0.25) is 0 Å². The number of pyridine rings is 1. The first-order valence-corrected chi connectivity index (χ1v) is 6.16. The number of nitrogens with zero attached hydrogens (tertiary/aromatic N) is 1. The molecule has 0 aliphatic carbocycles. The number of para-hydroxylation sites is 1. The van der Waals surface area contributed by atoms with E-state index >= 15 is 0 Å². The van der Waals surface area contributed by atoms with E-state index in [0.717, 1.165) is 10.9 Å². The highest BCUT2D eigenvalue weighted by Crippen LogP contribution is 2.27. The lowest BCUT2D eigenvalue weighted by Gasteiger charge is -2.14. The summed E-state index contributed by atoms with van der Waals surface area (Å²) >= 11 is 0. The van der Waals surface area contributed by atoms with E-state index in [9.17, 15) is 4.79 Å². The lowest BCUT2D eigenvalue weighted by Crippen LogP contribution is -2.22. The van der Waals surface area contributed by atoms with E-state index in [1.807, 2.05) is 24.3 Å². The van der Waals surface area contributed by atoms with Crippen molar-refractivity contribution in [2.45, 2.75) is 6.42 Å². The van der Waals surface area contributed by atoms with Crippen LogP contribution in [0.1, 0.15) is 5.56 Å². The molecule has 1 aromatic heterocycles. The van der Waals surface area contributed by atoms with Crippen LogP contribution >= 0.6 is 0 Å². The number of hydrogen-bond acceptors (Lipinski definition) is 2. The second kappa shape index (κ2) is 5.57. The number of allylic oxidation sites excluding steroid dienone is 1. The van der Waals surface area contributed by atoms with Crippen molar-refractivity contribution in [3.05, 3.63) is 65.5 Å². The highest BCUT2D eigenvalue weighted by Gasteiger charge is 2.14. The zero-order valence-electron chi connectivity index (χ0n) is 11.1. The van der Waals surface area contributed by atoms with Gasteiger partial charge in [0.25, 0.3) is 5.56 Å². The molecule has 19 heavy (non-hydrogen) atoms. The SMILES string of the molecule is C=CCOc1c(CC=C)c(=O)n(C)c2ccccc12. The number of ether oxygens (including phenoxy) is 1. The van der Waals surface area contributed by atoms with Crippen LogP contribution in [0.5, 0.6) is 5.75 Å². The molecule has 1 aromatic carbocycles. The molecule has 0 aliphatic rings. The lowest BCUT2D eigenvalue weighted by molar-refractivity contribution is 0.363. The van der Waals surface area contributed by atoms with Crippen LogP contribution in [0.3, 0.4) is 0 Å². The van der Waals surface area contributed by atoms with Crippen LogP contribution in [0.4, 0.5) is 0 Å². The average molecular weight is 255 g/mol. The molecule has 0 amide bonds. The van der Waals surface area contributed by atoms with Crippen molar-refractivity contribution in [2.24, 2.45) is 7.05 Å². The zero-order chi connectivity index (χ0) is 13.8. The van der Waals surface area contributed by atoms with E-state index < -0.39 is 0 Å². The van der Waals surface area contributed by atoms with Gasteiger partial charge >= 0.3 is 0 Å². The minimum absolute atomic E-state index is 0.0438. The molecule has 0 radical (unpaired) electrons. The Bertz CT molecular complexity index is 683. The molecule has 0 aliphatic heterocycles. The summed E-state index contributed by atoms with van der Waals surface area (Å²) in [5.41, 5.74) is 1.45. The Morgan fingerprint density at radius 3 is 2.68 bits per heavy atom. The monoisotopic (exact) mass is 255 g/mol. The van der Waals surface area contributed by atoms with Crippen molar-refractivity contribution in [1.29, 1.82) is 0 Å². The van der Waals surface area contributed by atoms with Crippen LogP contribution in [0.15, 0.2) is 54.4 Å². The minimum Gasteiger partial charge on any atom is -0.488 e. The second-order valence-electron chi connectivity index (χ2n) is 4.28. The summed E-state index contributed by atoms with van der Waals surface area (Å²) in [4.78, 5) is 12.4. The fourth-order valence-electron chi connectivity index (χ4n) is 2.16. The van der Waals surface area contributed by atoms with Crippen molar-refractivity contribution in [2.75, 3.05) is 6.61 Å². The fourth-order valence-corrected chi connectivity index (χ4v) is 2.16. The zero-order valence-corrected chi connectivity index (χ0v) is 11.1. The molecule has 0 bridgehead atoms. The first-order valence-electron chi connectivity index (χ1n) is 6.16. The molecule has 0 saturated heterocycles. The maximum absolute atomic E-state index is 12.4. The first-order chi connectivity index (χ1) is 9.20. The molecule has 0 unspecified atom stereocenters. The Labute approximate surface area is 112 Å². The van der Waals surface area contributed by atoms with Crippen molar-refractivity contribution in [3.63, 3.8) is 0 Å². The Balaban J connectivity index is 2.81. The van der Waals surface area contributed by atoms with Gasteiger partial charge in [0.15, 0.2) is 0 Å². The summed E-state index contributed by atoms with van der Waals surface area (Å²) in [6, 6.07) is 7.71. The van der Waals surface area contributed by atoms with Crippen molar-refractivity contribution in [3.8, 4) is 5.75 Å². The predicted octanol–water partition coefficient (Wildman–Crippen LogP) is 2.83. The van der Waals surface area contributed by atoms with E-state index in [4.69, 9.17) is 4.74 Å². The highest BCUT2D eigenvalue weighted by molar-refractivity contribution is 5.86. The van der Waals surface area contributed by atoms with Crippen LogP contribution in [-0.2, 0) is 13.5 Å². The molecule has 0 saturated carbocycles. The van der Waals surface area contributed by atoms with Crippen LogP contribution < -0.4 is 10.3 Å². The molecule has 3 nitrogen and oxygen atoms in total. The van der Waals surface area contributed by atoms with E-state index in [1.165, 1.54) is 0 Å². The first kappa shape index (κ1) is 13.1. The summed E-state index contributed by atoms with van der Waals surface area (Å²) in [5, 5.41) is 0.934. The minimum atomic E-state index is -0.0438. The third-order valence-electron chi connectivity index (χ3n) is 3.04. The standard InChI is InChI=1S/C16H17NO2/c1-4-8-13-15(19-11-5-2)12-9-6-7-10-14(12)17(3)16(13)18/h4-7,9-10H,1-2,8,11H2,3H3. The van der Waals surface area contributed by atoms with Gasteiger partial charge < -0.3 is 9.30 Å². The van der Waals surface area contributed by atoms with Crippen molar-refractivity contribution < 1.29 is 4.74 Å². The molecule has 98 valence electrons. The van der Waals surface area contributed by atoms with Crippen LogP contribution in [0, 0.1) is 0 Å². The predicted molar refractivity (Wildman–Crippen MR) is 78.8 cm³/mol. The lowest BCUT2D eigenvalue weighted by atomic mass is 10.1. The molecule has 2 aromatic rings. The maximum Gasteiger partial charge on any atom is 0.258 e. The quantitative estimate of drug-likeness (QED) is 0.769. The van der Waals surface area contributed by atoms with E-state index in [0.29, 0.717) is 24.3 Å². The van der Waals surface area contributed by atoms with Gasteiger partial charge in [0.05, 0.1) is 11.1 Å². The number of rotatable bonds is 5. The molecule has 0 atom stereocenters. The Morgan fingerprint density at radius 2 is 2.00 bits per heavy atom. The number of hydrogen-bond donors (Lipinski definition) is 0. The molecule has 0 N–H and O–H groups in total. The maximum atomic E-state index is 12.4. The van der Waals surface area contributed by atoms with Gasteiger partial charge in [-0.2, -0.15) is 0 Å². The molecule has 1 heterocycles. The highest BCUT2D eigenvalue weighted by atomic mass is 16.5. The van der Waals surface area contributed by atoms with Crippen molar-refractivity contribution >= 4 is 10.9 Å². The summed E-state index contributed by atoms with van der Waals surface area (Å²) in [5.74, 6) is 0.638. The van der Waals surface area contributed by atoms with Crippen LogP contribution in [-0.4, -0.2) is 11.2 Å². The molecule has 2 rings (SSSR count). The number of aryl methyl sites for hydroxylation is 1. The Kier molecular flexibility index (Phi) is 3.85. The van der Waals surface area contributed by atoms with Gasteiger partial charge in [-0.1, -0.05) is 30.9 Å². The fraction of sp³-hybridized carbons (Fsp3) is 0.188. The normalized spacial score (nSPS) is 10.4. The van der Waals surface area contributed by atoms with Gasteiger partial charge in [-0.15, -0.1) is 6.58 Å². The van der Waals surface area contributed by atoms with Gasteiger partial charge in [-0.05, 0) is 18.6 Å². The third-order valence-corrected chi connectivity index (χ3v) is 3.04. The summed E-state index contributed by atoms with van der Waals surface area (Å²) in [7, 11) is 1.77. The average Bonchev–Trinajstić information content (AvgIpc) is 2.44. The molecule has 3 heteroatoms. The number of fused-ring (bicyclic) bond motifs is 1. The Morgan fingerprint density at radius 1 is 1.26 bits per heavy atom. The number of benzene rings is 1. The van der Waals surface area contributed by atoms with E-state index in [1.54, 1.807) is 23.8 Å². The van der Waals surface area contributed by atoms with Crippen molar-refractivity contribution in [1.82, 2.24) is 4.57 Å². The van der Waals surface area contributed by atoms with Crippen LogP contribution in [0.25, 0.3) is 10.9 Å². The Hall–Kier alpha value is -2.29. The molecule has 0 spiro atoms. The number of aromatic nitrogens is 1. The second-order valence-corrected chi connectivity index (χ2v) is 4.28. The topological polar surface area (TPSA) is 31.2 Å². The summed E-state index contributed by atoms with van der Waals surface area (Å²) in [6.07, 6.45) is 3.88. The van der Waals surface area contributed by atoms with Gasteiger partial charge in [-0.3, -0.25) is 4.79 Å².